The topological polar surface area (TPSA) is 9.86 Å². The van der Waals surface area contributed by atoms with Crippen LogP contribution in [0, 0.1) is 0 Å². The van der Waals surface area contributed by atoms with Crippen LogP contribution in [0.2, 0.25) is 0 Å². The molecule has 0 unspecified atom stereocenters. The monoisotopic (exact) mass is 962 g/mol. The van der Waals surface area contributed by atoms with Crippen LogP contribution in [0.1, 0.15) is 0 Å². The van der Waals surface area contributed by atoms with Gasteiger partial charge in [-0.15, -0.1) is 0 Å². The number of rotatable bonds is 6. The fourth-order valence-electron chi connectivity index (χ4n) is 13.1. The van der Waals surface area contributed by atoms with Crippen molar-refractivity contribution in [1.82, 2.24) is 9.13 Å². The van der Waals surface area contributed by atoms with Crippen LogP contribution in [-0.2, 0) is 0 Å². The molecule has 0 saturated carbocycles. The van der Waals surface area contributed by atoms with E-state index in [1.165, 1.54) is 142 Å². The first kappa shape index (κ1) is 42.5. The van der Waals surface area contributed by atoms with Crippen molar-refractivity contribution in [2.45, 2.75) is 0 Å². The summed E-state index contributed by atoms with van der Waals surface area (Å²) in [7, 11) is 0. The van der Waals surface area contributed by atoms with Gasteiger partial charge in [0.2, 0.25) is 0 Å². The minimum Gasteiger partial charge on any atom is -0.309 e. The van der Waals surface area contributed by atoms with Crippen LogP contribution in [0.15, 0.2) is 279 Å². The molecule has 0 amide bonds. The molecule has 2 heteroatoms. The zero-order chi connectivity index (χ0) is 49.8. The van der Waals surface area contributed by atoms with Crippen molar-refractivity contribution < 1.29 is 0 Å². The lowest BCUT2D eigenvalue weighted by Gasteiger charge is -2.21. The molecular weight excluding hydrogens is 917 g/mol. The number of para-hydroxylation sites is 4. The molecule has 0 spiro atoms. The van der Waals surface area contributed by atoms with E-state index < -0.39 is 0 Å². The van der Waals surface area contributed by atoms with Gasteiger partial charge in [-0.25, -0.2) is 0 Å². The lowest BCUT2D eigenvalue weighted by Crippen LogP contribution is -1.96. The van der Waals surface area contributed by atoms with E-state index in [-0.39, 0.29) is 0 Å². The van der Waals surface area contributed by atoms with Gasteiger partial charge in [0, 0.05) is 32.9 Å². The van der Waals surface area contributed by atoms with Gasteiger partial charge in [-0.3, -0.25) is 0 Å². The summed E-state index contributed by atoms with van der Waals surface area (Å²) >= 11 is 0. The van der Waals surface area contributed by atoms with Crippen LogP contribution in [0.3, 0.4) is 0 Å². The molecule has 16 rings (SSSR count). The van der Waals surface area contributed by atoms with E-state index >= 15 is 0 Å². The lowest BCUT2D eigenvalue weighted by atomic mass is 9.82. The van der Waals surface area contributed by atoms with E-state index in [0.717, 1.165) is 11.4 Å². The Hall–Kier alpha value is -10.0. The summed E-state index contributed by atoms with van der Waals surface area (Å²) in [4.78, 5) is 0. The summed E-state index contributed by atoms with van der Waals surface area (Å²) in [6.45, 7) is 0. The predicted molar refractivity (Wildman–Crippen MR) is 324 cm³/mol. The Morgan fingerprint density at radius 2 is 0.487 bits per heavy atom. The molecule has 0 bridgehead atoms. The van der Waals surface area contributed by atoms with E-state index in [1.54, 1.807) is 0 Å². The Labute approximate surface area is 439 Å². The van der Waals surface area contributed by atoms with Crippen molar-refractivity contribution in [1.29, 1.82) is 0 Å². The normalized spacial score (nSPS) is 11.9. The van der Waals surface area contributed by atoms with Crippen LogP contribution in [-0.4, -0.2) is 9.13 Å². The highest BCUT2D eigenvalue weighted by atomic mass is 15.0. The second-order valence-corrected chi connectivity index (χ2v) is 20.3. The fourth-order valence-corrected chi connectivity index (χ4v) is 13.1. The minimum atomic E-state index is 1.14. The number of aromatic nitrogens is 2. The molecule has 2 nitrogen and oxygen atoms in total. The van der Waals surface area contributed by atoms with Crippen molar-refractivity contribution in [3.8, 4) is 55.9 Å². The van der Waals surface area contributed by atoms with E-state index in [0.29, 0.717) is 0 Å². The summed E-state index contributed by atoms with van der Waals surface area (Å²) in [5.74, 6) is 0. The van der Waals surface area contributed by atoms with Crippen molar-refractivity contribution in [2.24, 2.45) is 0 Å². The number of benzene rings is 14. The smallest absolute Gasteiger partial charge is 0.0541 e. The van der Waals surface area contributed by atoms with Gasteiger partial charge in [-0.05, 0) is 153 Å². The average Bonchev–Trinajstić information content (AvgIpc) is 4.01. The Morgan fingerprint density at radius 3 is 0.921 bits per heavy atom. The summed E-state index contributed by atoms with van der Waals surface area (Å²) < 4.78 is 4.82. The van der Waals surface area contributed by atoms with Gasteiger partial charge < -0.3 is 9.13 Å². The fraction of sp³-hybridized carbons (Fsp3) is 0. The van der Waals surface area contributed by atoms with Gasteiger partial charge in [-0.2, -0.15) is 0 Å². The molecule has 352 valence electrons. The molecule has 0 fully saturated rings. The van der Waals surface area contributed by atoms with E-state index in [9.17, 15) is 0 Å². The average molecular weight is 963 g/mol. The Bertz CT molecular complexity index is 4860. The molecule has 0 atom stereocenters. The number of fused-ring (bicyclic) bond motifs is 11. The zero-order valence-electron chi connectivity index (χ0n) is 41.5. The third-order valence-electron chi connectivity index (χ3n) is 16.3. The lowest BCUT2D eigenvalue weighted by molar-refractivity contribution is 1.18. The largest absolute Gasteiger partial charge is 0.309 e. The summed E-state index contributed by atoms with van der Waals surface area (Å²) in [6.07, 6.45) is 0. The van der Waals surface area contributed by atoms with Crippen molar-refractivity contribution in [2.75, 3.05) is 0 Å². The first-order valence-corrected chi connectivity index (χ1v) is 26.3. The molecule has 0 aliphatic carbocycles. The van der Waals surface area contributed by atoms with Gasteiger partial charge in [0.15, 0.2) is 0 Å². The van der Waals surface area contributed by atoms with Crippen molar-refractivity contribution in [3.63, 3.8) is 0 Å². The Balaban J connectivity index is 0.952. The quantitative estimate of drug-likeness (QED) is 0.147. The van der Waals surface area contributed by atoms with Gasteiger partial charge in [-0.1, -0.05) is 224 Å². The molecule has 0 radical (unpaired) electrons. The van der Waals surface area contributed by atoms with Gasteiger partial charge >= 0.3 is 0 Å². The van der Waals surface area contributed by atoms with E-state index in [1.807, 2.05) is 0 Å². The molecule has 0 aliphatic rings. The van der Waals surface area contributed by atoms with Crippen molar-refractivity contribution >= 4 is 97.5 Å². The molecule has 16 aromatic rings. The van der Waals surface area contributed by atoms with Gasteiger partial charge in [0.05, 0.1) is 22.1 Å². The van der Waals surface area contributed by atoms with Gasteiger partial charge in [0.25, 0.3) is 0 Å². The summed E-state index contributed by atoms with van der Waals surface area (Å²) in [6, 6.07) is 104. The highest BCUT2D eigenvalue weighted by Crippen LogP contribution is 2.49. The molecule has 2 aromatic heterocycles. The van der Waals surface area contributed by atoms with Crippen LogP contribution in [0.5, 0.6) is 0 Å². The molecule has 76 heavy (non-hydrogen) atoms. The Kier molecular flexibility index (Phi) is 9.37. The number of hydrogen-bond donors (Lipinski definition) is 0. The summed E-state index contributed by atoms with van der Waals surface area (Å²) in [5.41, 5.74) is 16.9. The Morgan fingerprint density at radius 1 is 0.184 bits per heavy atom. The molecule has 2 heterocycles. The second-order valence-electron chi connectivity index (χ2n) is 20.3. The second kappa shape index (κ2) is 16.8. The van der Waals surface area contributed by atoms with E-state index in [2.05, 4.69) is 288 Å². The first-order valence-electron chi connectivity index (χ1n) is 26.3. The first-order chi connectivity index (χ1) is 37.7. The zero-order valence-corrected chi connectivity index (χ0v) is 41.5. The minimum absolute atomic E-state index is 1.14. The molecule has 0 aliphatic heterocycles. The van der Waals surface area contributed by atoms with Crippen LogP contribution >= 0.6 is 0 Å². The molecular formula is C74H46N2. The highest BCUT2D eigenvalue weighted by Gasteiger charge is 2.23. The highest BCUT2D eigenvalue weighted by molar-refractivity contribution is 6.26. The molecule has 0 saturated heterocycles. The molecule has 0 N–H and O–H groups in total. The number of hydrogen-bond acceptors (Lipinski definition) is 0. The maximum absolute atomic E-state index is 2.50. The standard InChI is InChI=1S/C74H46N2/c1-2-20-53-47(18-1)19-17-31-58(53)74-63-29-7-5-27-61(63)73(62-28-6-8-30-64(62)74)50-40-45-65-66(46-50)72(49-38-43-52(44-39-49)76-69-34-15-11-23-56(69)57-24-12-16-35-70(57)76)60-26-4-3-25-59(60)71(65)48-36-41-51(42-37-48)75-67-32-13-9-21-54(67)55-22-10-14-33-68(55)75/h1-46H. The van der Waals surface area contributed by atoms with Crippen LogP contribution < -0.4 is 0 Å². The van der Waals surface area contributed by atoms with Gasteiger partial charge in [0.1, 0.15) is 0 Å². The third-order valence-corrected chi connectivity index (χ3v) is 16.3. The molecule has 14 aromatic carbocycles. The number of nitrogens with zero attached hydrogens (tertiary/aromatic N) is 2. The SMILES string of the molecule is c1ccc2c(-c3c4ccccc4c(-c4ccc5c(-c6ccc(-n7c8ccccc8c8ccccc87)cc6)c6ccccc6c(-c6ccc(-n7c8ccccc8c8ccccc87)cc6)c5c4)c4ccccc34)cccc2c1. The maximum Gasteiger partial charge on any atom is 0.0541 e. The van der Waals surface area contributed by atoms with Crippen molar-refractivity contribution in [3.05, 3.63) is 279 Å². The predicted octanol–water partition coefficient (Wildman–Crippen LogP) is 20.3. The van der Waals surface area contributed by atoms with Crippen LogP contribution in [0.25, 0.3) is 153 Å². The third kappa shape index (κ3) is 6.28. The maximum atomic E-state index is 2.50. The van der Waals surface area contributed by atoms with Crippen LogP contribution in [0.4, 0.5) is 0 Å². The van der Waals surface area contributed by atoms with E-state index in [4.69, 9.17) is 0 Å². The summed E-state index contributed by atoms with van der Waals surface area (Å²) in [5, 5.41) is 17.4.